The van der Waals surface area contributed by atoms with Gasteiger partial charge in [-0.2, -0.15) is 0 Å². The molecule has 0 saturated carbocycles. The van der Waals surface area contributed by atoms with Gasteiger partial charge in [-0.25, -0.2) is 13.8 Å². The lowest BCUT2D eigenvalue weighted by molar-refractivity contribution is 0.584. The van der Waals surface area contributed by atoms with E-state index in [2.05, 4.69) is 14.9 Å². The van der Waals surface area contributed by atoms with E-state index in [1.807, 2.05) is 25.1 Å². The Hall–Kier alpha value is -3.32. The summed E-state index contributed by atoms with van der Waals surface area (Å²) in [6.07, 6.45) is 4.23. The second-order valence-electron chi connectivity index (χ2n) is 7.79. The van der Waals surface area contributed by atoms with Crippen LogP contribution < -0.4 is 10.6 Å². The van der Waals surface area contributed by atoms with E-state index in [-0.39, 0.29) is 6.04 Å². The van der Waals surface area contributed by atoms with Gasteiger partial charge >= 0.3 is 0 Å². The molecule has 0 bridgehead atoms. The molecule has 4 aromatic rings. The molecule has 0 unspecified atom stereocenters. The fraction of sp³-hybridized carbons (Fsp3) is 0.217. The number of nitrogens with two attached hydrogens (primary N) is 1. The first-order valence-corrected chi connectivity index (χ1v) is 9.90. The zero-order valence-corrected chi connectivity index (χ0v) is 16.5. The average molecular weight is 405 g/mol. The van der Waals surface area contributed by atoms with E-state index in [0.717, 1.165) is 46.9 Å². The summed E-state index contributed by atoms with van der Waals surface area (Å²) in [5.41, 5.74) is 11.7. The van der Waals surface area contributed by atoms with Gasteiger partial charge in [0.2, 0.25) is 0 Å². The summed E-state index contributed by atoms with van der Waals surface area (Å²) in [6.45, 7) is 3.42. The first-order chi connectivity index (χ1) is 14.5. The summed E-state index contributed by atoms with van der Waals surface area (Å²) >= 11 is 0. The molecule has 3 heterocycles. The summed E-state index contributed by atoms with van der Waals surface area (Å²) in [6, 6.07) is 9.53. The predicted molar refractivity (Wildman–Crippen MR) is 114 cm³/mol. The highest BCUT2D eigenvalue weighted by Gasteiger charge is 2.26. The van der Waals surface area contributed by atoms with Crippen molar-refractivity contribution in [1.29, 1.82) is 0 Å². The van der Waals surface area contributed by atoms with Crippen molar-refractivity contribution in [3.63, 3.8) is 0 Å². The molecule has 2 aromatic carbocycles. The Bertz CT molecular complexity index is 1230. The Balaban J connectivity index is 1.75. The maximum absolute atomic E-state index is 14.0. The molecule has 3 N–H and O–H groups in total. The lowest BCUT2D eigenvalue weighted by Gasteiger charge is -2.24. The van der Waals surface area contributed by atoms with Crippen LogP contribution >= 0.6 is 0 Å². The molecule has 1 atom stereocenters. The van der Waals surface area contributed by atoms with E-state index in [9.17, 15) is 8.78 Å². The van der Waals surface area contributed by atoms with Crippen molar-refractivity contribution in [3.05, 3.63) is 66.0 Å². The lowest BCUT2D eigenvalue weighted by Crippen LogP contribution is -2.27. The third-order valence-electron chi connectivity index (χ3n) is 5.60. The minimum Gasteiger partial charge on any atom is -0.369 e. The van der Waals surface area contributed by atoms with Gasteiger partial charge in [-0.1, -0.05) is 12.1 Å². The Labute approximate surface area is 172 Å². The number of aryl methyl sites for hydroxylation is 1. The smallest absolute Gasteiger partial charge is 0.142 e. The highest BCUT2D eigenvalue weighted by molar-refractivity contribution is 5.91. The number of H-pyrrole nitrogens is 1. The fourth-order valence-electron chi connectivity index (χ4n) is 4.18. The van der Waals surface area contributed by atoms with Gasteiger partial charge in [0, 0.05) is 43.2 Å². The molecule has 0 amide bonds. The third kappa shape index (κ3) is 3.21. The number of fused-ring (bicyclic) bond motifs is 1. The molecule has 2 aromatic heterocycles. The highest BCUT2D eigenvalue weighted by atomic mass is 19.1. The van der Waals surface area contributed by atoms with E-state index in [0.29, 0.717) is 23.5 Å². The molecule has 152 valence electrons. The number of hydrogen-bond acceptors (Lipinski definition) is 4. The second kappa shape index (κ2) is 7.18. The second-order valence-corrected chi connectivity index (χ2v) is 7.79. The first-order valence-electron chi connectivity index (χ1n) is 9.90. The minimum absolute atomic E-state index is 0.0426. The van der Waals surface area contributed by atoms with Gasteiger partial charge in [0.05, 0.1) is 22.3 Å². The summed E-state index contributed by atoms with van der Waals surface area (Å²) in [5, 5.41) is 0. The number of hydrogen-bond donors (Lipinski definition) is 2. The molecular weight excluding hydrogens is 384 g/mol. The number of imidazole rings is 1. The number of pyridine rings is 1. The standard InChI is InChI=1S/C23H21F2N5/c1-13-3-2-4-20-21(13)29-23(28-20)19-11-27-10-18(14-7-15(24)9-16(25)8-14)22(19)30-6-5-17(26)12-30/h2-4,7-11,17H,5-6,12,26H2,1H3,(H,28,29)/t17-/m0/s1. The Kier molecular flexibility index (Phi) is 4.47. The fourth-order valence-corrected chi connectivity index (χ4v) is 4.18. The van der Waals surface area contributed by atoms with E-state index in [1.54, 1.807) is 12.4 Å². The maximum Gasteiger partial charge on any atom is 0.142 e. The first kappa shape index (κ1) is 18.7. The topological polar surface area (TPSA) is 70.8 Å². The van der Waals surface area contributed by atoms with Crippen molar-refractivity contribution in [2.24, 2.45) is 5.73 Å². The van der Waals surface area contributed by atoms with Crippen molar-refractivity contribution >= 4 is 16.7 Å². The summed E-state index contributed by atoms with van der Waals surface area (Å²) < 4.78 is 28.0. The number of anilines is 1. The van der Waals surface area contributed by atoms with E-state index < -0.39 is 11.6 Å². The molecule has 5 nitrogen and oxygen atoms in total. The maximum atomic E-state index is 14.0. The van der Waals surface area contributed by atoms with Crippen LogP contribution in [-0.4, -0.2) is 34.1 Å². The molecule has 1 fully saturated rings. The van der Waals surface area contributed by atoms with Gasteiger partial charge in [-0.3, -0.25) is 4.98 Å². The highest BCUT2D eigenvalue weighted by Crippen LogP contribution is 2.40. The largest absolute Gasteiger partial charge is 0.369 e. The number of benzene rings is 2. The molecule has 30 heavy (non-hydrogen) atoms. The quantitative estimate of drug-likeness (QED) is 0.530. The van der Waals surface area contributed by atoms with Crippen LogP contribution in [0.1, 0.15) is 12.0 Å². The zero-order chi connectivity index (χ0) is 20.8. The van der Waals surface area contributed by atoms with E-state index in [4.69, 9.17) is 10.7 Å². The Morgan fingerprint density at radius 1 is 1.10 bits per heavy atom. The number of halogens is 2. The molecule has 0 aliphatic carbocycles. The number of para-hydroxylation sites is 1. The van der Waals surface area contributed by atoms with E-state index in [1.165, 1.54) is 12.1 Å². The van der Waals surface area contributed by atoms with Crippen LogP contribution in [0.3, 0.4) is 0 Å². The molecule has 0 radical (unpaired) electrons. The van der Waals surface area contributed by atoms with Crippen LogP contribution in [0.4, 0.5) is 14.5 Å². The Morgan fingerprint density at radius 2 is 1.87 bits per heavy atom. The minimum atomic E-state index is -0.626. The monoisotopic (exact) mass is 405 g/mol. The van der Waals surface area contributed by atoms with Crippen LogP contribution in [-0.2, 0) is 0 Å². The van der Waals surface area contributed by atoms with Gasteiger partial charge in [-0.15, -0.1) is 0 Å². The van der Waals surface area contributed by atoms with Crippen molar-refractivity contribution < 1.29 is 8.78 Å². The third-order valence-corrected chi connectivity index (χ3v) is 5.60. The van der Waals surface area contributed by atoms with Crippen molar-refractivity contribution in [2.45, 2.75) is 19.4 Å². The molecule has 0 spiro atoms. The average Bonchev–Trinajstić information content (AvgIpc) is 3.34. The predicted octanol–water partition coefficient (Wildman–Crippen LogP) is 4.42. The van der Waals surface area contributed by atoms with Crippen LogP contribution in [0.5, 0.6) is 0 Å². The summed E-state index contributed by atoms with van der Waals surface area (Å²) in [4.78, 5) is 14.7. The molecule has 1 aliphatic heterocycles. The van der Waals surface area contributed by atoms with Crippen molar-refractivity contribution in [1.82, 2.24) is 15.0 Å². The van der Waals surface area contributed by atoms with Gasteiger partial charge in [0.1, 0.15) is 17.5 Å². The molecule has 5 rings (SSSR count). The molecular formula is C23H21F2N5. The van der Waals surface area contributed by atoms with Gasteiger partial charge in [-0.05, 0) is 42.7 Å². The number of aromatic nitrogens is 3. The van der Waals surface area contributed by atoms with Crippen LogP contribution in [0.2, 0.25) is 0 Å². The summed E-state index contributed by atoms with van der Waals surface area (Å²) in [5.74, 6) is -0.585. The molecule has 1 saturated heterocycles. The number of aromatic amines is 1. The summed E-state index contributed by atoms with van der Waals surface area (Å²) in [7, 11) is 0. The number of nitrogens with zero attached hydrogens (tertiary/aromatic N) is 3. The van der Waals surface area contributed by atoms with Crippen molar-refractivity contribution in [2.75, 3.05) is 18.0 Å². The van der Waals surface area contributed by atoms with Crippen LogP contribution in [0.15, 0.2) is 48.8 Å². The normalized spacial score (nSPS) is 16.5. The van der Waals surface area contributed by atoms with Crippen LogP contribution in [0, 0.1) is 18.6 Å². The van der Waals surface area contributed by atoms with Crippen LogP contribution in [0.25, 0.3) is 33.5 Å². The Morgan fingerprint density at radius 3 is 2.57 bits per heavy atom. The van der Waals surface area contributed by atoms with Gasteiger partial charge in [0.15, 0.2) is 0 Å². The zero-order valence-electron chi connectivity index (χ0n) is 16.5. The van der Waals surface area contributed by atoms with Gasteiger partial charge < -0.3 is 15.6 Å². The SMILES string of the molecule is Cc1cccc2[nH]c(-c3cncc(-c4cc(F)cc(F)c4)c3N3CC[C@H](N)C3)nc12. The lowest BCUT2D eigenvalue weighted by atomic mass is 10.0. The van der Waals surface area contributed by atoms with Crippen molar-refractivity contribution in [3.8, 4) is 22.5 Å². The number of nitrogens with one attached hydrogen (secondary N) is 1. The molecule has 7 heteroatoms. The number of rotatable bonds is 3. The van der Waals surface area contributed by atoms with Gasteiger partial charge in [0.25, 0.3) is 0 Å². The van der Waals surface area contributed by atoms with E-state index >= 15 is 0 Å². The molecule has 1 aliphatic rings.